The lowest BCUT2D eigenvalue weighted by atomic mass is 10.2. The van der Waals surface area contributed by atoms with E-state index in [1.807, 2.05) is 30.3 Å². The van der Waals surface area contributed by atoms with Gasteiger partial charge in [-0.1, -0.05) is 18.2 Å². The fourth-order valence-electron chi connectivity index (χ4n) is 1.70. The summed E-state index contributed by atoms with van der Waals surface area (Å²) in [4.78, 5) is 4.53. The van der Waals surface area contributed by atoms with E-state index in [1.54, 1.807) is 23.5 Å². The predicted molar refractivity (Wildman–Crippen MR) is 74.4 cm³/mol. The molecule has 0 bridgehead atoms. The van der Waals surface area contributed by atoms with Crippen molar-refractivity contribution < 1.29 is 5.11 Å². The molecule has 0 atom stereocenters. The van der Waals surface area contributed by atoms with Gasteiger partial charge in [0.25, 0.3) is 0 Å². The van der Waals surface area contributed by atoms with Gasteiger partial charge in [0.2, 0.25) is 0 Å². The van der Waals surface area contributed by atoms with Gasteiger partial charge in [-0.3, -0.25) is 0 Å². The molecule has 0 amide bonds. The summed E-state index contributed by atoms with van der Waals surface area (Å²) in [5.74, 6) is 0.249. The average Bonchev–Trinajstić information content (AvgIpc) is 2.71. The van der Waals surface area contributed by atoms with Crippen molar-refractivity contribution in [1.82, 2.24) is 4.98 Å². The van der Waals surface area contributed by atoms with Gasteiger partial charge in [0, 0.05) is 4.47 Å². The van der Waals surface area contributed by atoms with Gasteiger partial charge in [0.15, 0.2) is 0 Å². The first-order valence-corrected chi connectivity index (χ1v) is 6.70. The Hall–Kier alpha value is -1.39. The van der Waals surface area contributed by atoms with Crippen molar-refractivity contribution in [3.8, 4) is 16.3 Å². The van der Waals surface area contributed by atoms with Crippen LogP contribution in [0.1, 0.15) is 0 Å². The summed E-state index contributed by atoms with van der Waals surface area (Å²) >= 11 is 5.03. The Balaban J connectivity index is 2.27. The second-order valence-electron chi connectivity index (χ2n) is 3.62. The molecule has 2 nitrogen and oxygen atoms in total. The molecule has 3 aromatic rings. The molecule has 4 heteroatoms. The molecular formula is C13H8BrNOS. The second kappa shape index (κ2) is 4.13. The number of aromatic nitrogens is 1. The van der Waals surface area contributed by atoms with E-state index in [0.717, 1.165) is 25.3 Å². The Bertz CT molecular complexity index is 639. The van der Waals surface area contributed by atoms with Gasteiger partial charge in [0.1, 0.15) is 10.8 Å². The largest absolute Gasteiger partial charge is 0.507 e. The van der Waals surface area contributed by atoms with Gasteiger partial charge in [-0.05, 0) is 40.2 Å². The Labute approximate surface area is 111 Å². The normalized spacial score (nSPS) is 10.9. The lowest BCUT2D eigenvalue weighted by molar-refractivity contribution is 0.477. The van der Waals surface area contributed by atoms with Crippen LogP contribution in [0.15, 0.2) is 46.9 Å². The van der Waals surface area contributed by atoms with E-state index in [-0.39, 0.29) is 5.75 Å². The lowest BCUT2D eigenvalue weighted by Gasteiger charge is -2.02. The topological polar surface area (TPSA) is 33.1 Å². The lowest BCUT2D eigenvalue weighted by Crippen LogP contribution is -1.79. The number of thiazole rings is 1. The van der Waals surface area contributed by atoms with Crippen molar-refractivity contribution in [3.05, 3.63) is 46.9 Å². The van der Waals surface area contributed by atoms with Gasteiger partial charge < -0.3 is 5.11 Å². The van der Waals surface area contributed by atoms with Crippen LogP contribution in [0.3, 0.4) is 0 Å². The summed E-state index contributed by atoms with van der Waals surface area (Å²) in [5, 5.41) is 10.7. The summed E-state index contributed by atoms with van der Waals surface area (Å²) in [6.45, 7) is 0. The number of phenolic OH excluding ortho intramolecular Hbond substituents is 1. The van der Waals surface area contributed by atoms with Crippen LogP contribution in [0.25, 0.3) is 20.8 Å². The maximum absolute atomic E-state index is 9.91. The van der Waals surface area contributed by atoms with Crippen molar-refractivity contribution in [2.45, 2.75) is 0 Å². The summed E-state index contributed by atoms with van der Waals surface area (Å²) in [5.41, 5.74) is 1.72. The van der Waals surface area contributed by atoms with Crippen LogP contribution in [0.4, 0.5) is 0 Å². The standard InChI is InChI=1S/C13H8BrNOS/c14-8-4-3-6-10(16)12(8)13-15-9-5-1-2-7-11(9)17-13/h1-7,16H. The SMILES string of the molecule is Oc1cccc(Br)c1-c1nc2ccccc2s1. The zero-order valence-electron chi connectivity index (χ0n) is 8.72. The van der Waals surface area contributed by atoms with Crippen molar-refractivity contribution >= 4 is 37.5 Å². The van der Waals surface area contributed by atoms with Gasteiger partial charge in [-0.2, -0.15) is 0 Å². The summed E-state index contributed by atoms with van der Waals surface area (Å²) < 4.78 is 1.98. The minimum Gasteiger partial charge on any atom is -0.507 e. The summed E-state index contributed by atoms with van der Waals surface area (Å²) in [6, 6.07) is 13.3. The number of halogens is 1. The molecule has 0 saturated carbocycles. The summed E-state index contributed by atoms with van der Waals surface area (Å²) in [6.07, 6.45) is 0. The number of nitrogens with zero attached hydrogens (tertiary/aromatic N) is 1. The molecule has 0 aliphatic heterocycles. The summed E-state index contributed by atoms with van der Waals surface area (Å²) in [7, 11) is 0. The molecule has 0 fully saturated rings. The van der Waals surface area contributed by atoms with Crippen LogP contribution in [-0.2, 0) is 0 Å². The monoisotopic (exact) mass is 305 g/mol. The molecular weight excluding hydrogens is 298 g/mol. The molecule has 17 heavy (non-hydrogen) atoms. The third-order valence-corrected chi connectivity index (χ3v) is 4.21. The van der Waals surface area contributed by atoms with Gasteiger partial charge in [-0.25, -0.2) is 4.98 Å². The van der Waals surface area contributed by atoms with Gasteiger partial charge in [0.05, 0.1) is 15.8 Å². The number of rotatable bonds is 1. The Morgan fingerprint density at radius 1 is 1.06 bits per heavy atom. The van der Waals surface area contributed by atoms with E-state index >= 15 is 0 Å². The van der Waals surface area contributed by atoms with Crippen molar-refractivity contribution in [2.24, 2.45) is 0 Å². The maximum atomic E-state index is 9.91. The molecule has 84 valence electrons. The minimum absolute atomic E-state index is 0.249. The zero-order valence-corrected chi connectivity index (χ0v) is 11.1. The third kappa shape index (κ3) is 1.83. The number of benzene rings is 2. The molecule has 2 aromatic carbocycles. The highest BCUT2D eigenvalue weighted by Crippen LogP contribution is 2.39. The second-order valence-corrected chi connectivity index (χ2v) is 5.51. The Morgan fingerprint density at radius 3 is 2.65 bits per heavy atom. The van der Waals surface area contributed by atoms with Crippen molar-refractivity contribution in [2.75, 3.05) is 0 Å². The average molecular weight is 306 g/mol. The van der Waals surface area contributed by atoms with Crippen molar-refractivity contribution in [3.63, 3.8) is 0 Å². The van der Waals surface area contributed by atoms with E-state index in [0.29, 0.717) is 0 Å². The quantitative estimate of drug-likeness (QED) is 0.721. The van der Waals surface area contributed by atoms with Crippen LogP contribution >= 0.6 is 27.3 Å². The van der Waals surface area contributed by atoms with Crippen LogP contribution in [0, 0.1) is 0 Å². The number of hydrogen-bond donors (Lipinski definition) is 1. The van der Waals surface area contributed by atoms with Gasteiger partial charge in [-0.15, -0.1) is 11.3 Å². The fourth-order valence-corrected chi connectivity index (χ4v) is 3.41. The van der Waals surface area contributed by atoms with E-state index < -0.39 is 0 Å². The first-order chi connectivity index (χ1) is 8.25. The molecule has 0 aliphatic carbocycles. The third-order valence-electron chi connectivity index (χ3n) is 2.50. The highest BCUT2D eigenvalue weighted by atomic mass is 79.9. The molecule has 3 rings (SSSR count). The number of hydrogen-bond acceptors (Lipinski definition) is 3. The smallest absolute Gasteiger partial charge is 0.129 e. The van der Waals surface area contributed by atoms with Crippen LogP contribution in [0.2, 0.25) is 0 Å². The molecule has 1 heterocycles. The first-order valence-electron chi connectivity index (χ1n) is 5.09. The van der Waals surface area contributed by atoms with Crippen LogP contribution in [0.5, 0.6) is 5.75 Å². The number of para-hydroxylation sites is 1. The molecule has 0 radical (unpaired) electrons. The number of phenols is 1. The predicted octanol–water partition coefficient (Wildman–Crippen LogP) is 4.43. The number of fused-ring (bicyclic) bond motifs is 1. The zero-order chi connectivity index (χ0) is 11.8. The van der Waals surface area contributed by atoms with E-state index in [1.165, 1.54) is 0 Å². The highest BCUT2D eigenvalue weighted by molar-refractivity contribution is 9.10. The van der Waals surface area contributed by atoms with Crippen molar-refractivity contribution in [1.29, 1.82) is 0 Å². The Kier molecular flexibility index (Phi) is 2.61. The van der Waals surface area contributed by atoms with E-state index in [9.17, 15) is 5.11 Å². The van der Waals surface area contributed by atoms with E-state index in [4.69, 9.17) is 0 Å². The highest BCUT2D eigenvalue weighted by Gasteiger charge is 2.13. The molecule has 1 aromatic heterocycles. The van der Waals surface area contributed by atoms with Crippen LogP contribution in [-0.4, -0.2) is 10.1 Å². The first kappa shape index (κ1) is 10.7. The maximum Gasteiger partial charge on any atom is 0.129 e. The van der Waals surface area contributed by atoms with Crippen LogP contribution < -0.4 is 0 Å². The van der Waals surface area contributed by atoms with E-state index in [2.05, 4.69) is 20.9 Å². The number of aromatic hydroxyl groups is 1. The molecule has 0 unspecified atom stereocenters. The molecule has 0 spiro atoms. The molecule has 1 N–H and O–H groups in total. The Morgan fingerprint density at radius 2 is 1.88 bits per heavy atom. The minimum atomic E-state index is 0.249. The molecule has 0 aliphatic rings. The van der Waals surface area contributed by atoms with Gasteiger partial charge >= 0.3 is 0 Å². The fraction of sp³-hybridized carbons (Fsp3) is 0. The molecule has 0 saturated heterocycles.